The maximum Gasteiger partial charge on any atom is 0.255 e. The molecule has 3 aromatic rings. The number of H-pyrrole nitrogens is 1. The van der Waals surface area contributed by atoms with Gasteiger partial charge < -0.3 is 9.88 Å². The van der Waals surface area contributed by atoms with E-state index in [2.05, 4.69) is 20.1 Å². The lowest BCUT2D eigenvalue weighted by atomic mass is 9.96. The Labute approximate surface area is 133 Å². The van der Waals surface area contributed by atoms with Gasteiger partial charge in [-0.25, -0.2) is 14.5 Å². The highest BCUT2D eigenvalue weighted by atomic mass is 16.2. The zero-order valence-electron chi connectivity index (χ0n) is 12.9. The van der Waals surface area contributed by atoms with Gasteiger partial charge in [-0.05, 0) is 31.9 Å². The predicted octanol–water partition coefficient (Wildman–Crippen LogP) is 1.78. The van der Waals surface area contributed by atoms with Gasteiger partial charge in [-0.15, -0.1) is 0 Å². The quantitative estimate of drug-likeness (QED) is 0.782. The lowest BCUT2D eigenvalue weighted by molar-refractivity contribution is 0.0710. The topological polar surface area (TPSA) is 79.2 Å². The lowest BCUT2D eigenvalue weighted by Crippen LogP contribution is -2.38. The van der Waals surface area contributed by atoms with Crippen molar-refractivity contribution in [3.8, 4) is 0 Å². The first-order valence-corrected chi connectivity index (χ1v) is 7.82. The van der Waals surface area contributed by atoms with E-state index in [1.807, 2.05) is 30.2 Å². The largest absolute Gasteiger partial charge is 0.348 e. The number of aromatic nitrogens is 5. The fourth-order valence-electron chi connectivity index (χ4n) is 3.16. The first kappa shape index (κ1) is 13.9. The van der Waals surface area contributed by atoms with E-state index in [4.69, 9.17) is 0 Å². The number of piperidine rings is 1. The Hall–Kier alpha value is -2.70. The van der Waals surface area contributed by atoms with Gasteiger partial charge in [0.05, 0.1) is 5.56 Å². The summed E-state index contributed by atoms with van der Waals surface area (Å²) in [7, 11) is 0. The summed E-state index contributed by atoms with van der Waals surface area (Å²) in [5.74, 6) is 2.19. The molecular weight excluding hydrogens is 292 g/mol. The number of carbonyl (C=O) groups is 1. The SMILES string of the molecule is Cc1nc2ccc(C(=O)N3CCC(c4ncc[nH]4)CC3)cn2n1. The van der Waals surface area contributed by atoms with Crippen LogP contribution in [0.5, 0.6) is 0 Å². The molecule has 1 aliphatic heterocycles. The van der Waals surface area contributed by atoms with Crippen molar-refractivity contribution in [2.45, 2.75) is 25.7 Å². The predicted molar refractivity (Wildman–Crippen MR) is 84.2 cm³/mol. The summed E-state index contributed by atoms with van der Waals surface area (Å²) in [6, 6.07) is 3.66. The van der Waals surface area contributed by atoms with Crippen molar-refractivity contribution < 1.29 is 4.79 Å². The molecule has 1 aliphatic rings. The number of likely N-dealkylation sites (tertiary alicyclic amines) is 1. The number of nitrogens with one attached hydrogen (secondary N) is 1. The van der Waals surface area contributed by atoms with Crippen LogP contribution in [0.2, 0.25) is 0 Å². The monoisotopic (exact) mass is 310 g/mol. The Balaban J connectivity index is 1.48. The number of pyridine rings is 1. The van der Waals surface area contributed by atoms with Crippen LogP contribution < -0.4 is 0 Å². The summed E-state index contributed by atoms with van der Waals surface area (Å²) in [6.07, 6.45) is 7.26. The van der Waals surface area contributed by atoms with Crippen LogP contribution in [-0.2, 0) is 0 Å². The Bertz CT molecular complexity index is 830. The Morgan fingerprint density at radius 2 is 2.13 bits per heavy atom. The average Bonchev–Trinajstić information content (AvgIpc) is 3.22. The van der Waals surface area contributed by atoms with E-state index < -0.39 is 0 Å². The normalized spacial score (nSPS) is 16.1. The standard InChI is InChI=1S/C16H18N6O/c1-11-19-14-3-2-13(10-22(14)20-11)16(23)21-8-4-12(5-9-21)15-17-6-7-18-15/h2-3,6-7,10,12H,4-5,8-9H2,1H3,(H,17,18). The first-order valence-electron chi connectivity index (χ1n) is 7.82. The summed E-state index contributed by atoms with van der Waals surface area (Å²) in [5, 5.41) is 4.27. The van der Waals surface area contributed by atoms with Crippen molar-refractivity contribution in [1.29, 1.82) is 0 Å². The van der Waals surface area contributed by atoms with Crippen molar-refractivity contribution in [3.05, 3.63) is 47.9 Å². The smallest absolute Gasteiger partial charge is 0.255 e. The van der Waals surface area contributed by atoms with Crippen molar-refractivity contribution in [1.82, 2.24) is 29.5 Å². The molecule has 0 aromatic carbocycles. The number of nitrogens with zero attached hydrogens (tertiary/aromatic N) is 5. The van der Waals surface area contributed by atoms with Crippen LogP contribution in [0.1, 0.15) is 40.8 Å². The molecule has 0 bridgehead atoms. The highest BCUT2D eigenvalue weighted by molar-refractivity contribution is 5.94. The number of hydrogen-bond donors (Lipinski definition) is 1. The number of fused-ring (bicyclic) bond motifs is 1. The fourth-order valence-corrected chi connectivity index (χ4v) is 3.16. The van der Waals surface area contributed by atoms with Gasteiger partial charge >= 0.3 is 0 Å². The van der Waals surface area contributed by atoms with Gasteiger partial charge in [-0.3, -0.25) is 4.79 Å². The van der Waals surface area contributed by atoms with Crippen LogP contribution in [0, 0.1) is 6.92 Å². The first-order chi connectivity index (χ1) is 11.2. The maximum atomic E-state index is 12.7. The van der Waals surface area contributed by atoms with Crippen molar-refractivity contribution >= 4 is 11.6 Å². The lowest BCUT2D eigenvalue weighted by Gasteiger charge is -2.31. The molecule has 4 rings (SSSR count). The number of aromatic amines is 1. The van der Waals surface area contributed by atoms with Crippen LogP contribution in [0.15, 0.2) is 30.7 Å². The van der Waals surface area contributed by atoms with Gasteiger partial charge in [0.2, 0.25) is 0 Å². The Kier molecular flexibility index (Phi) is 3.33. The van der Waals surface area contributed by atoms with Gasteiger partial charge in [0, 0.05) is 37.6 Å². The number of carbonyl (C=O) groups excluding carboxylic acids is 1. The van der Waals surface area contributed by atoms with E-state index in [1.54, 1.807) is 16.9 Å². The zero-order valence-corrected chi connectivity index (χ0v) is 12.9. The molecule has 0 saturated carbocycles. The van der Waals surface area contributed by atoms with E-state index in [1.165, 1.54) is 0 Å². The van der Waals surface area contributed by atoms with Crippen LogP contribution in [0.4, 0.5) is 0 Å². The molecule has 23 heavy (non-hydrogen) atoms. The third-order valence-corrected chi connectivity index (χ3v) is 4.37. The van der Waals surface area contributed by atoms with Crippen LogP contribution in [0.3, 0.4) is 0 Å². The molecule has 118 valence electrons. The summed E-state index contributed by atoms with van der Waals surface area (Å²) in [5.41, 5.74) is 1.41. The van der Waals surface area contributed by atoms with Crippen molar-refractivity contribution in [3.63, 3.8) is 0 Å². The second-order valence-corrected chi connectivity index (χ2v) is 5.92. The second kappa shape index (κ2) is 5.49. The molecule has 4 heterocycles. The van der Waals surface area contributed by atoms with E-state index in [9.17, 15) is 4.79 Å². The molecule has 1 fully saturated rings. The molecule has 0 aliphatic carbocycles. The number of amides is 1. The van der Waals surface area contributed by atoms with Gasteiger partial charge in [0.1, 0.15) is 11.6 Å². The summed E-state index contributed by atoms with van der Waals surface area (Å²) < 4.78 is 1.66. The molecule has 0 atom stereocenters. The summed E-state index contributed by atoms with van der Waals surface area (Å²) >= 11 is 0. The minimum Gasteiger partial charge on any atom is -0.348 e. The minimum atomic E-state index is 0.0537. The van der Waals surface area contributed by atoms with Crippen molar-refractivity contribution in [2.24, 2.45) is 0 Å². The number of imidazole rings is 1. The number of aryl methyl sites for hydroxylation is 1. The maximum absolute atomic E-state index is 12.7. The molecule has 0 radical (unpaired) electrons. The van der Waals surface area contributed by atoms with Crippen LogP contribution >= 0.6 is 0 Å². The third-order valence-electron chi connectivity index (χ3n) is 4.37. The van der Waals surface area contributed by atoms with Crippen LogP contribution in [-0.4, -0.2) is 48.5 Å². The third kappa shape index (κ3) is 2.58. The van der Waals surface area contributed by atoms with E-state index in [-0.39, 0.29) is 5.91 Å². The fraction of sp³-hybridized carbons (Fsp3) is 0.375. The van der Waals surface area contributed by atoms with Gasteiger partial charge in [-0.2, -0.15) is 5.10 Å². The van der Waals surface area contributed by atoms with Crippen molar-refractivity contribution in [2.75, 3.05) is 13.1 Å². The van der Waals surface area contributed by atoms with E-state index >= 15 is 0 Å². The molecule has 3 aromatic heterocycles. The van der Waals surface area contributed by atoms with Crippen LogP contribution in [0.25, 0.3) is 5.65 Å². The molecular formula is C16H18N6O. The molecule has 1 amide bonds. The van der Waals surface area contributed by atoms with Gasteiger partial charge in [0.25, 0.3) is 5.91 Å². The summed E-state index contributed by atoms with van der Waals surface area (Å²) in [6.45, 7) is 3.34. The molecule has 0 unspecified atom stereocenters. The highest BCUT2D eigenvalue weighted by Crippen LogP contribution is 2.26. The highest BCUT2D eigenvalue weighted by Gasteiger charge is 2.26. The Morgan fingerprint density at radius 3 is 2.87 bits per heavy atom. The molecule has 7 nitrogen and oxygen atoms in total. The van der Waals surface area contributed by atoms with Gasteiger partial charge in [-0.1, -0.05) is 0 Å². The second-order valence-electron chi connectivity index (χ2n) is 5.92. The molecule has 1 N–H and O–H groups in total. The Morgan fingerprint density at radius 1 is 1.30 bits per heavy atom. The molecule has 0 spiro atoms. The summed E-state index contributed by atoms with van der Waals surface area (Å²) in [4.78, 5) is 26.4. The van der Waals surface area contributed by atoms with E-state index in [0.717, 1.165) is 37.4 Å². The average molecular weight is 310 g/mol. The number of hydrogen-bond acceptors (Lipinski definition) is 4. The molecule has 7 heteroatoms. The van der Waals surface area contributed by atoms with E-state index in [0.29, 0.717) is 17.3 Å². The minimum absolute atomic E-state index is 0.0537. The van der Waals surface area contributed by atoms with Gasteiger partial charge in [0.15, 0.2) is 5.65 Å². The zero-order chi connectivity index (χ0) is 15.8. The molecule has 1 saturated heterocycles. The number of rotatable bonds is 2.